The largest absolute Gasteiger partial charge is 0.496 e. The van der Waals surface area contributed by atoms with Crippen molar-refractivity contribution in [3.8, 4) is 28.4 Å². The molecule has 4 nitrogen and oxygen atoms in total. The lowest BCUT2D eigenvalue weighted by molar-refractivity contribution is 0.0733. The fourth-order valence-electron chi connectivity index (χ4n) is 2.37. The van der Waals surface area contributed by atoms with Gasteiger partial charge in [-0.2, -0.15) is 0 Å². The van der Waals surface area contributed by atoms with Gasteiger partial charge >= 0.3 is 0 Å². The van der Waals surface area contributed by atoms with E-state index in [4.69, 9.17) is 37.4 Å². The van der Waals surface area contributed by atoms with Gasteiger partial charge in [0.2, 0.25) is 0 Å². The Labute approximate surface area is 138 Å². The van der Waals surface area contributed by atoms with Gasteiger partial charge in [0.15, 0.2) is 17.7 Å². The van der Waals surface area contributed by atoms with E-state index in [9.17, 15) is 0 Å². The average molecular weight is 340 g/mol. The molecule has 0 fully saturated rings. The highest BCUT2D eigenvalue weighted by Crippen LogP contribution is 2.46. The highest BCUT2D eigenvalue weighted by molar-refractivity contribution is 6.31. The molecule has 1 aliphatic rings. The molecule has 1 heterocycles. The van der Waals surface area contributed by atoms with Gasteiger partial charge in [0.25, 0.3) is 0 Å². The standard InChI is InChI=1S/C16H15Cl2NO3/c1-19-15-8-21-14-7-10(18)6-12(16(14)22-15)11-5-9(17)3-4-13(11)20-2/h3-7,15,19H,8H2,1-2H3/t15-/m0/s1. The van der Waals surface area contributed by atoms with Crippen molar-refractivity contribution in [2.24, 2.45) is 0 Å². The van der Waals surface area contributed by atoms with Crippen LogP contribution in [0.25, 0.3) is 11.1 Å². The highest BCUT2D eigenvalue weighted by Gasteiger charge is 2.25. The number of methoxy groups -OCH3 is 1. The summed E-state index contributed by atoms with van der Waals surface area (Å²) >= 11 is 12.3. The summed E-state index contributed by atoms with van der Waals surface area (Å²) in [5.74, 6) is 1.91. The molecule has 2 aromatic carbocycles. The molecule has 0 amide bonds. The minimum atomic E-state index is -0.224. The molecule has 0 aliphatic carbocycles. The Bertz CT molecular complexity index is 706. The first-order valence-corrected chi connectivity index (χ1v) is 7.52. The normalized spacial score (nSPS) is 16.5. The molecule has 6 heteroatoms. The maximum Gasteiger partial charge on any atom is 0.184 e. The number of benzene rings is 2. The second kappa shape index (κ2) is 6.24. The SMILES string of the molecule is CN[C@@H]1COc2cc(Cl)cc(-c3cc(Cl)ccc3OC)c2O1. The quantitative estimate of drug-likeness (QED) is 0.917. The van der Waals surface area contributed by atoms with E-state index in [0.717, 1.165) is 11.1 Å². The molecule has 116 valence electrons. The van der Waals surface area contributed by atoms with Crippen LogP contribution >= 0.6 is 23.2 Å². The zero-order valence-corrected chi connectivity index (χ0v) is 13.7. The lowest BCUT2D eigenvalue weighted by Gasteiger charge is -2.28. The van der Waals surface area contributed by atoms with Crippen molar-refractivity contribution >= 4 is 23.2 Å². The summed E-state index contributed by atoms with van der Waals surface area (Å²) in [6.45, 7) is 0.413. The van der Waals surface area contributed by atoms with Crippen LogP contribution in [-0.2, 0) is 0 Å². The molecule has 0 radical (unpaired) electrons. The summed E-state index contributed by atoms with van der Waals surface area (Å²) in [4.78, 5) is 0. The third-order valence-corrected chi connectivity index (χ3v) is 3.90. The van der Waals surface area contributed by atoms with E-state index >= 15 is 0 Å². The monoisotopic (exact) mass is 339 g/mol. The first kappa shape index (κ1) is 15.3. The number of rotatable bonds is 3. The van der Waals surface area contributed by atoms with Gasteiger partial charge in [-0.3, -0.25) is 5.32 Å². The molecule has 3 rings (SSSR count). The molecule has 1 aliphatic heterocycles. The summed E-state index contributed by atoms with van der Waals surface area (Å²) < 4.78 is 17.1. The zero-order chi connectivity index (χ0) is 15.7. The minimum absolute atomic E-state index is 0.224. The van der Waals surface area contributed by atoms with Gasteiger partial charge in [-0.05, 0) is 31.3 Å². The molecule has 0 saturated carbocycles. The molecule has 0 bridgehead atoms. The summed E-state index contributed by atoms with van der Waals surface area (Å²) in [6, 6.07) is 8.96. The summed E-state index contributed by atoms with van der Waals surface area (Å²) in [5, 5.41) is 4.20. The van der Waals surface area contributed by atoms with E-state index in [1.807, 2.05) is 25.2 Å². The zero-order valence-electron chi connectivity index (χ0n) is 12.2. The third-order valence-electron chi connectivity index (χ3n) is 3.44. The number of ether oxygens (including phenoxy) is 3. The second-order valence-electron chi connectivity index (χ2n) is 4.83. The number of fused-ring (bicyclic) bond motifs is 1. The lowest BCUT2D eigenvalue weighted by atomic mass is 10.0. The summed E-state index contributed by atoms with van der Waals surface area (Å²) in [6.07, 6.45) is -0.224. The summed E-state index contributed by atoms with van der Waals surface area (Å²) in [5.41, 5.74) is 1.58. The van der Waals surface area contributed by atoms with E-state index in [1.54, 1.807) is 19.2 Å². The van der Waals surface area contributed by atoms with E-state index in [-0.39, 0.29) is 6.23 Å². The Morgan fingerprint density at radius 1 is 1.14 bits per heavy atom. The molecule has 1 atom stereocenters. The van der Waals surface area contributed by atoms with Gasteiger partial charge in [0.1, 0.15) is 12.4 Å². The maximum atomic E-state index is 6.21. The molecule has 0 spiro atoms. The third kappa shape index (κ3) is 2.82. The van der Waals surface area contributed by atoms with Crippen LogP contribution in [0.15, 0.2) is 30.3 Å². The Morgan fingerprint density at radius 2 is 1.91 bits per heavy atom. The van der Waals surface area contributed by atoms with Gasteiger partial charge in [-0.1, -0.05) is 23.2 Å². The van der Waals surface area contributed by atoms with Gasteiger partial charge in [-0.15, -0.1) is 0 Å². The van der Waals surface area contributed by atoms with Gasteiger partial charge < -0.3 is 14.2 Å². The fourth-order valence-corrected chi connectivity index (χ4v) is 2.75. The number of hydrogen-bond acceptors (Lipinski definition) is 4. The molecule has 22 heavy (non-hydrogen) atoms. The highest BCUT2D eigenvalue weighted by atomic mass is 35.5. The van der Waals surface area contributed by atoms with E-state index in [0.29, 0.717) is 33.9 Å². The van der Waals surface area contributed by atoms with E-state index in [2.05, 4.69) is 5.32 Å². The van der Waals surface area contributed by atoms with Crippen molar-refractivity contribution in [3.05, 3.63) is 40.4 Å². The number of halogens is 2. The molecule has 1 N–H and O–H groups in total. The van der Waals surface area contributed by atoms with E-state index < -0.39 is 0 Å². The predicted octanol–water partition coefficient (Wildman–Crippen LogP) is 3.99. The number of likely N-dealkylation sites (N-methyl/N-ethyl adjacent to an activating group) is 1. The molecular formula is C16H15Cl2NO3. The van der Waals surface area contributed by atoms with Crippen molar-refractivity contribution in [2.45, 2.75) is 6.23 Å². The van der Waals surface area contributed by atoms with Crippen molar-refractivity contribution in [1.29, 1.82) is 0 Å². The molecular weight excluding hydrogens is 325 g/mol. The maximum absolute atomic E-state index is 6.21. The smallest absolute Gasteiger partial charge is 0.184 e. The topological polar surface area (TPSA) is 39.7 Å². The van der Waals surface area contributed by atoms with Gasteiger partial charge in [0.05, 0.1) is 7.11 Å². The fraction of sp³-hybridized carbons (Fsp3) is 0.250. The van der Waals surface area contributed by atoms with Crippen LogP contribution in [0.1, 0.15) is 0 Å². The van der Waals surface area contributed by atoms with Gasteiger partial charge in [0, 0.05) is 27.2 Å². The van der Waals surface area contributed by atoms with Gasteiger partial charge in [-0.25, -0.2) is 0 Å². The van der Waals surface area contributed by atoms with Crippen LogP contribution in [0, 0.1) is 0 Å². The first-order chi connectivity index (χ1) is 10.6. The molecule has 0 saturated heterocycles. The Morgan fingerprint density at radius 3 is 2.64 bits per heavy atom. The molecule has 0 unspecified atom stereocenters. The average Bonchev–Trinajstić information content (AvgIpc) is 2.53. The first-order valence-electron chi connectivity index (χ1n) is 6.76. The van der Waals surface area contributed by atoms with Crippen LogP contribution in [-0.4, -0.2) is 27.0 Å². The molecule has 0 aromatic heterocycles. The summed E-state index contributed by atoms with van der Waals surface area (Å²) in [7, 11) is 3.42. The molecule has 2 aromatic rings. The number of hydrogen-bond donors (Lipinski definition) is 1. The van der Waals surface area contributed by atoms with Crippen molar-refractivity contribution in [2.75, 3.05) is 20.8 Å². The van der Waals surface area contributed by atoms with Crippen molar-refractivity contribution in [1.82, 2.24) is 5.32 Å². The van der Waals surface area contributed by atoms with Crippen LogP contribution in [0.4, 0.5) is 0 Å². The predicted molar refractivity (Wildman–Crippen MR) is 87.4 cm³/mol. The second-order valence-corrected chi connectivity index (χ2v) is 5.70. The lowest BCUT2D eigenvalue weighted by Crippen LogP contribution is -2.39. The van der Waals surface area contributed by atoms with Crippen LogP contribution in [0.5, 0.6) is 17.2 Å². The Balaban J connectivity index is 2.19. The Hall–Kier alpha value is -1.62. The van der Waals surface area contributed by atoms with Crippen LogP contribution < -0.4 is 19.5 Å². The van der Waals surface area contributed by atoms with Crippen molar-refractivity contribution in [3.63, 3.8) is 0 Å². The van der Waals surface area contributed by atoms with Crippen LogP contribution in [0.3, 0.4) is 0 Å². The minimum Gasteiger partial charge on any atom is -0.496 e. The van der Waals surface area contributed by atoms with Crippen LogP contribution in [0.2, 0.25) is 10.0 Å². The number of nitrogens with one attached hydrogen (secondary N) is 1. The van der Waals surface area contributed by atoms with E-state index in [1.165, 1.54) is 0 Å². The van der Waals surface area contributed by atoms with Crippen molar-refractivity contribution < 1.29 is 14.2 Å². The Kier molecular flexibility index (Phi) is 4.34.